The highest BCUT2D eigenvalue weighted by atomic mass is 19.4. The van der Waals surface area contributed by atoms with Gasteiger partial charge in [0.25, 0.3) is 0 Å². The van der Waals surface area contributed by atoms with Gasteiger partial charge < -0.3 is 14.4 Å². The Hall–Kier alpha value is -3.46. The fourth-order valence-corrected chi connectivity index (χ4v) is 4.38. The van der Waals surface area contributed by atoms with Gasteiger partial charge in [0, 0.05) is 17.5 Å². The molecule has 0 aliphatic carbocycles. The first-order valence-corrected chi connectivity index (χ1v) is 10.7. The summed E-state index contributed by atoms with van der Waals surface area (Å²) < 4.78 is 59.6. The normalized spacial score (nSPS) is 18.3. The predicted molar refractivity (Wildman–Crippen MR) is 118 cm³/mol. The Bertz CT molecular complexity index is 1360. The molecule has 0 saturated carbocycles. The third-order valence-corrected chi connectivity index (χ3v) is 5.98. The van der Waals surface area contributed by atoms with E-state index >= 15 is 0 Å². The topological polar surface area (TPSA) is 60.2 Å². The number of aliphatic hydroxyl groups is 1. The number of ether oxygens (including phenoxy) is 1. The Labute approximate surface area is 192 Å². The first-order chi connectivity index (χ1) is 16.0. The smallest absolute Gasteiger partial charge is 0.405 e. The van der Waals surface area contributed by atoms with E-state index in [1.807, 2.05) is 12.1 Å². The third-order valence-electron chi connectivity index (χ3n) is 5.98. The highest BCUT2D eigenvalue weighted by Gasteiger charge is 2.39. The molecule has 0 bridgehead atoms. The number of para-hydroxylation sites is 1. The Morgan fingerprint density at radius 1 is 0.971 bits per heavy atom. The third kappa shape index (κ3) is 4.00. The van der Waals surface area contributed by atoms with Crippen LogP contribution in [-0.4, -0.2) is 26.0 Å². The minimum atomic E-state index is -4.87. The highest BCUT2D eigenvalue weighted by Crippen LogP contribution is 2.45. The van der Waals surface area contributed by atoms with Crippen LogP contribution in [0.3, 0.4) is 0 Å². The molecule has 176 valence electrons. The number of imidazole rings is 1. The van der Waals surface area contributed by atoms with Gasteiger partial charge in [-0.15, -0.1) is 13.2 Å². The number of halogens is 4. The summed E-state index contributed by atoms with van der Waals surface area (Å²) in [5.74, 6) is -0.246. The molecular weight excluding hydrogens is 450 g/mol. The molecule has 3 heterocycles. The van der Waals surface area contributed by atoms with E-state index < -0.39 is 24.2 Å². The van der Waals surface area contributed by atoms with Crippen LogP contribution in [0.15, 0.2) is 60.7 Å². The van der Waals surface area contributed by atoms with Gasteiger partial charge in [0.15, 0.2) is 11.8 Å². The molecule has 1 N–H and O–H groups in total. The summed E-state index contributed by atoms with van der Waals surface area (Å²) in [5.41, 5.74) is 2.17. The number of pyridine rings is 1. The molecule has 0 radical (unpaired) electrons. The molecule has 5 rings (SSSR count). The summed E-state index contributed by atoms with van der Waals surface area (Å²) in [6.45, 7) is 3.38. The van der Waals surface area contributed by atoms with Crippen molar-refractivity contribution in [1.82, 2.24) is 14.5 Å². The molecule has 34 heavy (non-hydrogen) atoms. The molecule has 9 heteroatoms. The van der Waals surface area contributed by atoms with Crippen molar-refractivity contribution in [3.63, 3.8) is 0 Å². The molecule has 1 aliphatic rings. The van der Waals surface area contributed by atoms with Gasteiger partial charge in [-0.2, -0.15) is 0 Å². The van der Waals surface area contributed by atoms with Crippen molar-refractivity contribution in [2.24, 2.45) is 0 Å². The number of hydrogen-bond donors (Lipinski definition) is 1. The van der Waals surface area contributed by atoms with Crippen LogP contribution in [0.25, 0.3) is 22.4 Å². The van der Waals surface area contributed by atoms with E-state index in [0.29, 0.717) is 16.9 Å². The lowest BCUT2D eigenvalue weighted by molar-refractivity contribution is -0.275. The Kier molecular flexibility index (Phi) is 5.12. The molecule has 0 spiro atoms. The second kappa shape index (κ2) is 7.80. The van der Waals surface area contributed by atoms with Crippen molar-refractivity contribution in [3.8, 4) is 17.0 Å². The van der Waals surface area contributed by atoms with Crippen molar-refractivity contribution >= 4 is 11.2 Å². The zero-order chi connectivity index (χ0) is 24.3. The van der Waals surface area contributed by atoms with E-state index in [1.54, 1.807) is 48.7 Å². The van der Waals surface area contributed by atoms with Crippen LogP contribution in [0.5, 0.6) is 5.75 Å². The number of fused-ring (bicyclic) bond motifs is 3. The second-order valence-corrected chi connectivity index (χ2v) is 8.82. The minimum Gasteiger partial charge on any atom is -0.405 e. The zero-order valence-electron chi connectivity index (χ0n) is 18.3. The van der Waals surface area contributed by atoms with E-state index in [-0.39, 0.29) is 23.6 Å². The summed E-state index contributed by atoms with van der Waals surface area (Å²) >= 11 is 0. The summed E-state index contributed by atoms with van der Waals surface area (Å²) in [7, 11) is 0. The first-order valence-electron chi connectivity index (χ1n) is 10.7. The van der Waals surface area contributed by atoms with Crippen LogP contribution in [0, 0.1) is 0 Å². The molecule has 2 unspecified atom stereocenters. The van der Waals surface area contributed by atoms with Crippen molar-refractivity contribution in [2.45, 2.75) is 44.4 Å². The average Bonchev–Trinajstić information content (AvgIpc) is 3.30. The largest absolute Gasteiger partial charge is 0.573 e. The van der Waals surface area contributed by atoms with E-state index in [2.05, 4.69) is 9.72 Å². The van der Waals surface area contributed by atoms with Gasteiger partial charge in [-0.25, -0.2) is 14.4 Å². The van der Waals surface area contributed by atoms with Crippen molar-refractivity contribution in [3.05, 3.63) is 77.6 Å². The molecule has 0 fully saturated rings. The highest BCUT2D eigenvalue weighted by molar-refractivity contribution is 5.77. The number of alkyl halides is 4. The van der Waals surface area contributed by atoms with E-state index in [0.717, 1.165) is 11.1 Å². The van der Waals surface area contributed by atoms with Gasteiger partial charge in [-0.1, -0.05) is 42.5 Å². The zero-order valence-corrected chi connectivity index (χ0v) is 18.3. The van der Waals surface area contributed by atoms with Gasteiger partial charge in [-0.3, -0.25) is 0 Å². The maximum atomic E-state index is 14.9. The van der Waals surface area contributed by atoms with Gasteiger partial charge >= 0.3 is 6.36 Å². The molecule has 4 aromatic rings. The SMILES string of the molecule is CC(C)(O)c1ccc(-c2ccc3nc4n(c3n2)C(c2ccccc2OC(F)(F)F)CC4F)cc1. The van der Waals surface area contributed by atoms with Gasteiger partial charge in [0.1, 0.15) is 17.1 Å². The molecule has 1 aliphatic heterocycles. The number of aromatic nitrogens is 3. The average molecular weight is 471 g/mol. The number of nitrogens with zero attached hydrogens (tertiary/aromatic N) is 3. The first kappa shape index (κ1) is 22.3. The molecular formula is C25H21F4N3O2. The fraction of sp³-hybridized carbons (Fsp3) is 0.280. The second-order valence-electron chi connectivity index (χ2n) is 8.82. The number of rotatable bonds is 4. The summed E-state index contributed by atoms with van der Waals surface area (Å²) in [6, 6.07) is 15.7. The quantitative estimate of drug-likeness (QED) is 0.359. The van der Waals surface area contributed by atoms with Crippen molar-refractivity contribution in [1.29, 1.82) is 0 Å². The van der Waals surface area contributed by atoms with E-state index in [9.17, 15) is 22.7 Å². The Morgan fingerprint density at radius 2 is 1.68 bits per heavy atom. The van der Waals surface area contributed by atoms with Crippen LogP contribution in [0.1, 0.15) is 49.4 Å². The molecule has 0 saturated heterocycles. The van der Waals surface area contributed by atoms with Crippen LogP contribution in [0.2, 0.25) is 0 Å². The summed E-state index contributed by atoms with van der Waals surface area (Å²) in [4.78, 5) is 9.06. The van der Waals surface area contributed by atoms with E-state index in [4.69, 9.17) is 4.98 Å². The van der Waals surface area contributed by atoms with Crippen LogP contribution in [0.4, 0.5) is 17.6 Å². The van der Waals surface area contributed by atoms with Crippen LogP contribution in [-0.2, 0) is 5.60 Å². The Morgan fingerprint density at radius 3 is 2.35 bits per heavy atom. The Balaban J connectivity index is 1.60. The molecule has 0 amide bonds. The van der Waals surface area contributed by atoms with Gasteiger partial charge in [0.2, 0.25) is 0 Å². The monoisotopic (exact) mass is 471 g/mol. The molecule has 2 atom stereocenters. The molecule has 2 aromatic heterocycles. The molecule has 2 aromatic carbocycles. The maximum absolute atomic E-state index is 14.9. The standard InChI is InChI=1S/C25H21F4N3O2/c1-24(2,33)15-9-7-14(8-10-15)18-11-12-19-23(30-18)32-20(13-17(26)22(32)31-19)16-5-3-4-6-21(16)34-25(27,28)29/h3-12,17,20,33H,13H2,1-2H3. The lowest BCUT2D eigenvalue weighted by atomic mass is 9.97. The maximum Gasteiger partial charge on any atom is 0.573 e. The van der Waals surface area contributed by atoms with E-state index in [1.165, 1.54) is 18.2 Å². The fourth-order valence-electron chi connectivity index (χ4n) is 4.38. The minimum absolute atomic E-state index is 0.0668. The van der Waals surface area contributed by atoms with Gasteiger partial charge in [-0.05, 0) is 37.6 Å². The number of benzene rings is 2. The lowest BCUT2D eigenvalue weighted by Crippen LogP contribution is -2.19. The summed E-state index contributed by atoms with van der Waals surface area (Å²) in [5, 5.41) is 10.2. The summed E-state index contributed by atoms with van der Waals surface area (Å²) in [6.07, 6.45) is -6.39. The lowest BCUT2D eigenvalue weighted by Gasteiger charge is -2.19. The number of hydrogen-bond acceptors (Lipinski definition) is 4. The van der Waals surface area contributed by atoms with Crippen LogP contribution < -0.4 is 4.74 Å². The predicted octanol–water partition coefficient (Wildman–Crippen LogP) is 6.23. The molecule has 5 nitrogen and oxygen atoms in total. The van der Waals surface area contributed by atoms with Crippen LogP contribution >= 0.6 is 0 Å². The van der Waals surface area contributed by atoms with Crippen molar-refractivity contribution < 1.29 is 27.4 Å². The van der Waals surface area contributed by atoms with Crippen molar-refractivity contribution in [2.75, 3.05) is 0 Å². The van der Waals surface area contributed by atoms with Gasteiger partial charge in [0.05, 0.1) is 17.3 Å².